The third-order valence-corrected chi connectivity index (χ3v) is 1.52. The van der Waals surface area contributed by atoms with Crippen molar-refractivity contribution < 1.29 is 9.50 Å². The lowest BCUT2D eigenvalue weighted by Crippen LogP contribution is -1.96. The predicted molar refractivity (Wildman–Crippen MR) is 41.5 cm³/mol. The van der Waals surface area contributed by atoms with Gasteiger partial charge in [-0.1, -0.05) is 0 Å². The third kappa shape index (κ3) is 1.49. The largest absolute Gasteiger partial charge is 0.399 e. The van der Waals surface area contributed by atoms with Crippen LogP contribution in [0.15, 0.2) is 12.1 Å². The molecule has 3 heteroatoms. The van der Waals surface area contributed by atoms with Gasteiger partial charge < -0.3 is 10.8 Å². The summed E-state index contributed by atoms with van der Waals surface area (Å²) in [4.78, 5) is 0. The van der Waals surface area contributed by atoms with Crippen molar-refractivity contribution in [1.82, 2.24) is 0 Å². The number of rotatable bonds is 1. The van der Waals surface area contributed by atoms with Gasteiger partial charge in [0.2, 0.25) is 0 Å². The number of hydrogen-bond acceptors (Lipinski definition) is 2. The minimum atomic E-state index is -0.373. The molecule has 1 aromatic rings. The van der Waals surface area contributed by atoms with E-state index in [-0.39, 0.29) is 18.0 Å². The molecule has 0 saturated heterocycles. The van der Waals surface area contributed by atoms with Gasteiger partial charge in [0.15, 0.2) is 0 Å². The average Bonchev–Trinajstić information content (AvgIpc) is 1.96. The molecule has 60 valence electrons. The number of benzene rings is 1. The molecule has 0 bridgehead atoms. The zero-order chi connectivity index (χ0) is 8.43. The fourth-order valence-corrected chi connectivity index (χ4v) is 0.988. The van der Waals surface area contributed by atoms with Crippen molar-refractivity contribution in [2.45, 2.75) is 13.5 Å². The lowest BCUT2D eigenvalue weighted by molar-refractivity contribution is 0.275. The molecule has 0 aliphatic heterocycles. The molecule has 0 atom stereocenters. The summed E-state index contributed by atoms with van der Waals surface area (Å²) >= 11 is 0. The topological polar surface area (TPSA) is 46.2 Å². The Morgan fingerprint density at radius 2 is 2.18 bits per heavy atom. The van der Waals surface area contributed by atoms with Gasteiger partial charge in [-0.3, -0.25) is 0 Å². The Bertz CT molecular complexity index is 273. The van der Waals surface area contributed by atoms with E-state index in [9.17, 15) is 4.39 Å². The van der Waals surface area contributed by atoms with Crippen LogP contribution in [0.4, 0.5) is 10.1 Å². The van der Waals surface area contributed by atoms with Crippen molar-refractivity contribution in [3.8, 4) is 0 Å². The SMILES string of the molecule is Cc1cc(N)cc(CO)c1F. The van der Waals surface area contributed by atoms with E-state index < -0.39 is 0 Å². The molecule has 3 N–H and O–H groups in total. The zero-order valence-corrected chi connectivity index (χ0v) is 6.26. The third-order valence-electron chi connectivity index (χ3n) is 1.52. The number of aliphatic hydroxyl groups is 1. The lowest BCUT2D eigenvalue weighted by Gasteiger charge is -2.03. The fraction of sp³-hybridized carbons (Fsp3) is 0.250. The molecule has 0 aromatic heterocycles. The van der Waals surface area contributed by atoms with E-state index in [1.54, 1.807) is 6.92 Å². The number of aryl methyl sites for hydroxylation is 1. The molecule has 11 heavy (non-hydrogen) atoms. The Morgan fingerprint density at radius 1 is 1.55 bits per heavy atom. The normalized spacial score (nSPS) is 10.1. The van der Waals surface area contributed by atoms with Gasteiger partial charge in [-0.05, 0) is 24.6 Å². The van der Waals surface area contributed by atoms with Gasteiger partial charge in [0.05, 0.1) is 6.61 Å². The number of nitrogen functional groups attached to an aromatic ring is 1. The summed E-state index contributed by atoms with van der Waals surface area (Å²) in [6.45, 7) is 1.31. The molecule has 0 unspecified atom stereocenters. The first-order valence-electron chi connectivity index (χ1n) is 3.30. The Morgan fingerprint density at radius 3 is 2.73 bits per heavy atom. The number of hydrogen-bond donors (Lipinski definition) is 2. The molecule has 0 fully saturated rings. The maximum absolute atomic E-state index is 13.0. The maximum Gasteiger partial charge on any atom is 0.131 e. The van der Waals surface area contributed by atoms with E-state index in [2.05, 4.69) is 0 Å². The molecule has 0 spiro atoms. The van der Waals surface area contributed by atoms with Gasteiger partial charge in [-0.25, -0.2) is 4.39 Å². The zero-order valence-electron chi connectivity index (χ0n) is 6.26. The molecular weight excluding hydrogens is 145 g/mol. The van der Waals surface area contributed by atoms with Crippen LogP contribution in [0.5, 0.6) is 0 Å². The van der Waals surface area contributed by atoms with Crippen molar-refractivity contribution in [2.24, 2.45) is 0 Å². The maximum atomic E-state index is 13.0. The summed E-state index contributed by atoms with van der Waals surface area (Å²) in [6.07, 6.45) is 0. The molecule has 0 aliphatic carbocycles. The van der Waals surface area contributed by atoms with Crippen LogP contribution < -0.4 is 5.73 Å². The Labute approximate surface area is 64.5 Å². The highest BCUT2D eigenvalue weighted by Crippen LogP contribution is 2.16. The summed E-state index contributed by atoms with van der Waals surface area (Å²) in [5.74, 6) is -0.373. The van der Waals surface area contributed by atoms with Gasteiger partial charge >= 0.3 is 0 Å². The van der Waals surface area contributed by atoms with Gasteiger partial charge in [-0.15, -0.1) is 0 Å². The fourth-order valence-electron chi connectivity index (χ4n) is 0.988. The lowest BCUT2D eigenvalue weighted by atomic mass is 10.1. The minimum absolute atomic E-state index is 0.252. The number of anilines is 1. The van der Waals surface area contributed by atoms with Crippen LogP contribution >= 0.6 is 0 Å². The first kappa shape index (κ1) is 8.01. The second-order valence-electron chi connectivity index (χ2n) is 2.47. The molecule has 0 amide bonds. The van der Waals surface area contributed by atoms with Gasteiger partial charge in [0.25, 0.3) is 0 Å². The molecule has 1 rings (SSSR count). The van der Waals surface area contributed by atoms with E-state index in [4.69, 9.17) is 10.8 Å². The summed E-state index contributed by atoms with van der Waals surface area (Å²) in [5.41, 5.74) is 6.62. The van der Waals surface area contributed by atoms with Crippen molar-refractivity contribution in [3.05, 3.63) is 29.1 Å². The summed E-state index contributed by atoms with van der Waals surface area (Å²) in [5, 5.41) is 8.67. The van der Waals surface area contributed by atoms with Crippen LogP contribution in [-0.2, 0) is 6.61 Å². The second-order valence-corrected chi connectivity index (χ2v) is 2.47. The van der Waals surface area contributed by atoms with Crippen molar-refractivity contribution in [2.75, 3.05) is 5.73 Å². The van der Waals surface area contributed by atoms with E-state index >= 15 is 0 Å². The summed E-state index contributed by atoms with van der Waals surface area (Å²) in [7, 11) is 0. The van der Waals surface area contributed by atoms with E-state index in [1.165, 1.54) is 12.1 Å². The molecule has 0 saturated carbocycles. The van der Waals surface area contributed by atoms with E-state index in [1.807, 2.05) is 0 Å². The minimum Gasteiger partial charge on any atom is -0.399 e. The number of nitrogens with two attached hydrogens (primary N) is 1. The quantitative estimate of drug-likeness (QED) is 0.599. The standard InChI is InChI=1S/C8H10FNO/c1-5-2-7(10)3-6(4-11)8(5)9/h2-3,11H,4,10H2,1H3. The van der Waals surface area contributed by atoms with E-state index in [0.29, 0.717) is 11.3 Å². The molecule has 1 aromatic carbocycles. The van der Waals surface area contributed by atoms with Crippen LogP contribution in [0.1, 0.15) is 11.1 Å². The van der Waals surface area contributed by atoms with Crippen LogP contribution in [0.25, 0.3) is 0 Å². The Hall–Kier alpha value is -1.09. The molecule has 0 radical (unpaired) electrons. The Balaban J connectivity index is 3.24. The predicted octanol–water partition coefficient (Wildman–Crippen LogP) is 1.21. The second kappa shape index (κ2) is 2.88. The van der Waals surface area contributed by atoms with E-state index in [0.717, 1.165) is 0 Å². The molecule has 0 heterocycles. The highest BCUT2D eigenvalue weighted by Gasteiger charge is 2.04. The van der Waals surface area contributed by atoms with Crippen LogP contribution in [0.3, 0.4) is 0 Å². The van der Waals surface area contributed by atoms with Crippen molar-refractivity contribution >= 4 is 5.69 Å². The summed E-state index contributed by atoms with van der Waals surface area (Å²) in [6, 6.07) is 2.97. The number of aliphatic hydroxyl groups excluding tert-OH is 1. The summed E-state index contributed by atoms with van der Waals surface area (Å²) < 4.78 is 13.0. The van der Waals surface area contributed by atoms with Gasteiger partial charge in [-0.2, -0.15) is 0 Å². The van der Waals surface area contributed by atoms with Crippen molar-refractivity contribution in [3.63, 3.8) is 0 Å². The Kier molecular flexibility index (Phi) is 2.10. The van der Waals surface area contributed by atoms with Gasteiger partial charge in [0.1, 0.15) is 5.82 Å². The molecule has 2 nitrogen and oxygen atoms in total. The van der Waals surface area contributed by atoms with Gasteiger partial charge in [0, 0.05) is 11.3 Å². The first-order valence-corrected chi connectivity index (χ1v) is 3.30. The monoisotopic (exact) mass is 155 g/mol. The molecule has 0 aliphatic rings. The molecular formula is C8H10FNO. The van der Waals surface area contributed by atoms with Crippen LogP contribution in [-0.4, -0.2) is 5.11 Å². The van der Waals surface area contributed by atoms with Crippen LogP contribution in [0.2, 0.25) is 0 Å². The van der Waals surface area contributed by atoms with Crippen molar-refractivity contribution in [1.29, 1.82) is 0 Å². The van der Waals surface area contributed by atoms with Crippen LogP contribution in [0, 0.1) is 12.7 Å². The average molecular weight is 155 g/mol. The number of halogens is 1. The smallest absolute Gasteiger partial charge is 0.131 e. The highest BCUT2D eigenvalue weighted by molar-refractivity contribution is 5.44. The highest BCUT2D eigenvalue weighted by atomic mass is 19.1. The first-order chi connectivity index (χ1) is 5.15.